The molecule has 0 aliphatic heterocycles. The number of Topliss-reactive ketones (excluding diaryl/α,β-unsaturated/α-hetero) is 1. The zero-order valence-electron chi connectivity index (χ0n) is 38.1. The van der Waals surface area contributed by atoms with E-state index in [0.29, 0.717) is 42.3 Å². The minimum absolute atomic E-state index is 0.0477. The van der Waals surface area contributed by atoms with E-state index in [9.17, 15) is 24.6 Å². The molecule has 3 fully saturated rings. The number of carboxylic acid groups (broad SMARTS) is 1. The minimum Gasteiger partial charge on any atom is -0.481 e. The van der Waals surface area contributed by atoms with Gasteiger partial charge in [0.05, 0.1) is 18.9 Å². The third kappa shape index (κ3) is 9.16. The van der Waals surface area contributed by atoms with Gasteiger partial charge >= 0.3 is 11.9 Å². The van der Waals surface area contributed by atoms with E-state index in [1.807, 2.05) is 26.0 Å². The summed E-state index contributed by atoms with van der Waals surface area (Å²) in [7, 11) is 4.16. The van der Waals surface area contributed by atoms with Crippen molar-refractivity contribution in [3.05, 3.63) is 46.0 Å². The number of carboxylic acids is 1. The highest BCUT2D eigenvalue weighted by Gasteiger charge is 2.65. The molecule has 9 atom stereocenters. The molecule has 326 valence electrons. The molecule has 58 heavy (non-hydrogen) atoms. The van der Waals surface area contributed by atoms with E-state index in [0.717, 1.165) is 69.2 Å². The fourth-order valence-electron chi connectivity index (χ4n) is 13.3. The Bertz CT molecular complexity index is 1690. The number of carbonyl (C=O) groups excluding carboxylic acids is 2. The van der Waals surface area contributed by atoms with Gasteiger partial charge < -0.3 is 19.8 Å². The van der Waals surface area contributed by atoms with Gasteiger partial charge in [-0.2, -0.15) is 0 Å². The molecule has 4 aliphatic carbocycles. The van der Waals surface area contributed by atoms with Crippen molar-refractivity contribution < 1.29 is 29.3 Å². The van der Waals surface area contributed by atoms with Crippen molar-refractivity contribution in [1.82, 2.24) is 9.80 Å². The van der Waals surface area contributed by atoms with Crippen LogP contribution in [0.4, 0.5) is 0 Å². The predicted octanol–water partition coefficient (Wildman–Crippen LogP) is 10.1. The SMILES string of the molecule is CCC1(C(O)CN(CCN(C)C)Cc2ccc(Cl)cc2)CC(=O)C(C(C)C)=C1C1CCC2C(C)(CCC3C(C)(C)C(OC(=O)CC(C)(C)CC(=O)O)CCC32C)C1C. The largest absolute Gasteiger partial charge is 0.481 e. The second-order valence-electron chi connectivity index (χ2n) is 21.7. The first-order chi connectivity index (χ1) is 26.9. The second-order valence-corrected chi connectivity index (χ2v) is 22.1. The fourth-order valence-corrected chi connectivity index (χ4v) is 13.4. The molecule has 9 heteroatoms. The van der Waals surface area contributed by atoms with E-state index in [1.165, 1.54) is 5.57 Å². The third-order valence-corrected chi connectivity index (χ3v) is 16.7. The van der Waals surface area contributed by atoms with Gasteiger partial charge in [-0.15, -0.1) is 0 Å². The number of carbonyl (C=O) groups is 3. The summed E-state index contributed by atoms with van der Waals surface area (Å²) in [5.74, 6) is 0.510. The van der Waals surface area contributed by atoms with Gasteiger partial charge in [0, 0.05) is 48.5 Å². The molecule has 3 saturated carbocycles. The van der Waals surface area contributed by atoms with Crippen LogP contribution in [0, 0.1) is 56.7 Å². The van der Waals surface area contributed by atoms with Crippen LogP contribution in [-0.4, -0.2) is 83.7 Å². The van der Waals surface area contributed by atoms with E-state index >= 15 is 0 Å². The van der Waals surface area contributed by atoms with Crippen molar-refractivity contribution >= 4 is 29.3 Å². The molecule has 0 spiro atoms. The molecule has 0 bridgehead atoms. The maximum absolute atomic E-state index is 14.3. The van der Waals surface area contributed by atoms with Crippen molar-refractivity contribution in [3.63, 3.8) is 0 Å². The highest BCUT2D eigenvalue weighted by Crippen LogP contribution is 2.71. The Hall–Kier alpha value is -2.26. The Morgan fingerprint density at radius 3 is 2.17 bits per heavy atom. The number of fused-ring (bicyclic) bond motifs is 3. The Balaban J connectivity index is 1.41. The first kappa shape index (κ1) is 46.8. The molecule has 8 nitrogen and oxygen atoms in total. The van der Waals surface area contributed by atoms with Crippen LogP contribution >= 0.6 is 11.6 Å². The Labute approximate surface area is 355 Å². The quantitative estimate of drug-likeness (QED) is 0.159. The van der Waals surface area contributed by atoms with Crippen LogP contribution in [0.1, 0.15) is 139 Å². The van der Waals surface area contributed by atoms with Crippen molar-refractivity contribution in [1.29, 1.82) is 0 Å². The first-order valence-corrected chi connectivity index (χ1v) is 22.8. The molecule has 0 aromatic heterocycles. The van der Waals surface area contributed by atoms with Crippen LogP contribution < -0.4 is 0 Å². The van der Waals surface area contributed by atoms with Gasteiger partial charge in [-0.1, -0.05) is 98.5 Å². The summed E-state index contributed by atoms with van der Waals surface area (Å²) < 4.78 is 6.27. The number of esters is 1. The molecule has 9 unspecified atom stereocenters. The van der Waals surface area contributed by atoms with E-state index < -0.39 is 22.9 Å². The molecule has 1 aromatic carbocycles. The average Bonchev–Trinajstić information content (AvgIpc) is 3.42. The molecule has 0 amide bonds. The van der Waals surface area contributed by atoms with Gasteiger partial charge in [0.25, 0.3) is 0 Å². The molecule has 0 heterocycles. The van der Waals surface area contributed by atoms with Crippen LogP contribution in [0.15, 0.2) is 35.4 Å². The number of ketones is 1. The van der Waals surface area contributed by atoms with E-state index in [1.54, 1.807) is 0 Å². The van der Waals surface area contributed by atoms with E-state index in [-0.39, 0.29) is 58.8 Å². The summed E-state index contributed by atoms with van der Waals surface area (Å²) in [6.07, 6.45) is 6.21. The van der Waals surface area contributed by atoms with Crippen molar-refractivity contribution in [2.24, 2.45) is 56.7 Å². The lowest BCUT2D eigenvalue weighted by atomic mass is 9.38. The van der Waals surface area contributed by atoms with Crippen molar-refractivity contribution in [2.75, 3.05) is 33.7 Å². The number of nitrogens with zero attached hydrogens (tertiary/aromatic N) is 2. The van der Waals surface area contributed by atoms with Gasteiger partial charge in [-0.25, -0.2) is 0 Å². The summed E-state index contributed by atoms with van der Waals surface area (Å²) in [5, 5.41) is 22.8. The zero-order valence-corrected chi connectivity index (χ0v) is 38.8. The van der Waals surface area contributed by atoms with Crippen LogP contribution in [-0.2, 0) is 25.7 Å². The number of allylic oxidation sites excluding steroid dienone is 1. The highest BCUT2D eigenvalue weighted by atomic mass is 35.5. The molecule has 4 aliphatic rings. The number of hydrogen-bond donors (Lipinski definition) is 2. The highest BCUT2D eigenvalue weighted by molar-refractivity contribution is 6.30. The van der Waals surface area contributed by atoms with Gasteiger partial charge in [0.1, 0.15) is 6.10 Å². The van der Waals surface area contributed by atoms with Gasteiger partial charge in [0.15, 0.2) is 5.78 Å². The third-order valence-electron chi connectivity index (χ3n) is 16.4. The maximum atomic E-state index is 14.3. The number of likely N-dealkylation sites (N-methyl/N-ethyl adjacent to an activating group) is 1. The molecular weight excluding hydrogens is 748 g/mol. The van der Waals surface area contributed by atoms with Crippen LogP contribution in [0.25, 0.3) is 0 Å². The summed E-state index contributed by atoms with van der Waals surface area (Å²) in [6.45, 7) is 25.1. The zero-order chi connectivity index (χ0) is 43.2. The van der Waals surface area contributed by atoms with Crippen molar-refractivity contribution in [3.8, 4) is 0 Å². The molecule has 2 N–H and O–H groups in total. The molecule has 1 aromatic rings. The number of rotatable bonds is 16. The Morgan fingerprint density at radius 1 is 0.948 bits per heavy atom. The number of aliphatic hydroxyl groups is 1. The summed E-state index contributed by atoms with van der Waals surface area (Å²) >= 11 is 6.24. The van der Waals surface area contributed by atoms with E-state index in [2.05, 4.69) is 91.4 Å². The monoisotopic (exact) mass is 825 g/mol. The topological polar surface area (TPSA) is 107 Å². The van der Waals surface area contributed by atoms with Crippen molar-refractivity contribution in [2.45, 2.75) is 152 Å². The lowest BCUT2D eigenvalue weighted by Crippen LogP contribution is -2.62. The first-order valence-electron chi connectivity index (χ1n) is 22.4. The summed E-state index contributed by atoms with van der Waals surface area (Å²) in [5.41, 5.74) is 2.01. The number of aliphatic hydroxyl groups excluding tert-OH is 1. The second kappa shape index (κ2) is 17.6. The standard InChI is InChI=1S/C49H77ClN2O6/c1-13-49(39(54)30-52(25-24-51(11)12)29-33-14-16-34(50)17-15-33)26-36(53)43(31(2)3)44(49)35-18-19-38-47(9,32(35)4)22-20-37-46(7,8)40(21-23-48(37,38)10)58-42(57)28-45(5,6)27-41(55)56/h14-17,31-32,35,37-40,54H,13,18-30H2,1-12H3,(H,55,56). The number of halogens is 1. The molecule has 0 radical (unpaired) electrons. The number of hydrogen-bond acceptors (Lipinski definition) is 7. The normalized spacial score (nSPS) is 33.1. The van der Waals surface area contributed by atoms with Gasteiger partial charge in [-0.05, 0) is 128 Å². The molecule has 0 saturated heterocycles. The average molecular weight is 826 g/mol. The minimum atomic E-state index is -0.902. The maximum Gasteiger partial charge on any atom is 0.306 e. The van der Waals surface area contributed by atoms with Gasteiger partial charge in [-0.3, -0.25) is 19.3 Å². The lowest BCUT2D eigenvalue weighted by Gasteiger charge is -2.67. The lowest BCUT2D eigenvalue weighted by molar-refractivity contribution is -0.209. The number of ether oxygens (including phenoxy) is 1. The van der Waals surface area contributed by atoms with Gasteiger partial charge in [0.2, 0.25) is 0 Å². The molecular formula is C49H77ClN2O6. The van der Waals surface area contributed by atoms with E-state index in [4.69, 9.17) is 16.3 Å². The Kier molecular flexibility index (Phi) is 14.2. The summed E-state index contributed by atoms with van der Waals surface area (Å²) in [6, 6.07) is 7.99. The smallest absolute Gasteiger partial charge is 0.306 e. The number of benzene rings is 1. The van der Waals surface area contributed by atoms with Crippen LogP contribution in [0.3, 0.4) is 0 Å². The molecule has 5 rings (SSSR count). The predicted molar refractivity (Wildman–Crippen MR) is 233 cm³/mol. The summed E-state index contributed by atoms with van der Waals surface area (Å²) in [4.78, 5) is 43.6. The fraction of sp³-hybridized carbons (Fsp3) is 0.776. The van der Waals surface area contributed by atoms with Crippen LogP contribution in [0.5, 0.6) is 0 Å². The van der Waals surface area contributed by atoms with Crippen LogP contribution in [0.2, 0.25) is 5.02 Å². The number of aliphatic carboxylic acids is 1. The Morgan fingerprint density at radius 2 is 1.59 bits per heavy atom.